The van der Waals surface area contributed by atoms with Crippen molar-refractivity contribution in [1.29, 1.82) is 0 Å². The third kappa shape index (κ3) is 3.38. The Morgan fingerprint density at radius 2 is 1.97 bits per heavy atom. The highest BCUT2D eigenvalue weighted by atomic mass is 16.5. The van der Waals surface area contributed by atoms with Gasteiger partial charge in [0.25, 0.3) is 0 Å². The Morgan fingerprint density at radius 1 is 1.17 bits per heavy atom. The van der Waals surface area contributed by atoms with E-state index in [1.807, 2.05) is 37.3 Å². The van der Waals surface area contributed by atoms with E-state index in [9.17, 15) is 9.90 Å². The average Bonchev–Trinajstić information content (AvgIpc) is 3.07. The predicted octanol–water partition coefficient (Wildman–Crippen LogP) is 3.55. The van der Waals surface area contributed by atoms with Crippen molar-refractivity contribution in [3.8, 4) is 17.2 Å². The van der Waals surface area contributed by atoms with Crippen molar-refractivity contribution in [2.75, 3.05) is 26.3 Å². The normalized spacial score (nSPS) is 22.2. The molecule has 1 atom stereocenters. The lowest BCUT2D eigenvalue weighted by molar-refractivity contribution is 0.0336. The fourth-order valence-corrected chi connectivity index (χ4v) is 4.01. The third-order valence-electron chi connectivity index (χ3n) is 5.71. The number of Topliss-reactive ketones (excluding diaryl/α,β-unsaturated/α-hetero) is 1. The van der Waals surface area contributed by atoms with E-state index < -0.39 is 0 Å². The van der Waals surface area contributed by atoms with Crippen LogP contribution in [0.1, 0.15) is 28.4 Å². The number of ketones is 1. The average molecular weight is 405 g/mol. The summed E-state index contributed by atoms with van der Waals surface area (Å²) in [6.07, 6.45) is 3.56. The second-order valence-electron chi connectivity index (χ2n) is 7.71. The van der Waals surface area contributed by atoms with Crippen molar-refractivity contribution in [2.45, 2.75) is 19.6 Å². The Balaban J connectivity index is 1.46. The number of fused-ring (bicyclic) bond motifs is 2. The van der Waals surface area contributed by atoms with Crippen molar-refractivity contribution >= 4 is 11.9 Å². The topological polar surface area (TPSA) is 68.2 Å². The molecule has 1 saturated heterocycles. The molecule has 0 amide bonds. The van der Waals surface area contributed by atoms with Gasteiger partial charge in [-0.15, -0.1) is 0 Å². The van der Waals surface area contributed by atoms with Gasteiger partial charge in [-0.25, -0.2) is 0 Å². The number of phenolic OH excluding ortho intramolecular Hbond substituents is 1. The Hall–Kier alpha value is -3.09. The first-order valence-electron chi connectivity index (χ1n) is 10.2. The molecule has 3 aliphatic rings. The molecule has 0 saturated carbocycles. The number of para-hydroxylation sites is 1. The van der Waals surface area contributed by atoms with Crippen LogP contribution in [0.5, 0.6) is 17.2 Å². The van der Waals surface area contributed by atoms with Gasteiger partial charge in [0, 0.05) is 25.2 Å². The summed E-state index contributed by atoms with van der Waals surface area (Å²) in [6.45, 7) is 5.33. The van der Waals surface area contributed by atoms with Gasteiger partial charge in [0.15, 0.2) is 5.76 Å². The SMILES string of the molecule is C[C@H]1Oc2ccccc2C=C1/C=C1\Oc2c(ccc(O)c2CN2CCOCC2)C1=O. The fraction of sp³-hybridized carbons (Fsp3) is 0.292. The largest absolute Gasteiger partial charge is 0.507 e. The Bertz CT molecular complexity index is 1070. The highest BCUT2D eigenvalue weighted by molar-refractivity contribution is 6.13. The lowest BCUT2D eigenvalue weighted by Gasteiger charge is -2.27. The minimum Gasteiger partial charge on any atom is -0.507 e. The first kappa shape index (κ1) is 18.9. The van der Waals surface area contributed by atoms with Crippen LogP contribution >= 0.6 is 0 Å². The standard InChI is InChI=1S/C24H23NO5/c1-15-17(12-16-4-2-3-5-21(16)29-15)13-22-23(27)18-6-7-20(26)19(24(18)30-22)14-25-8-10-28-11-9-25/h2-7,12-13,15,26H,8-11,14H2,1H3/b22-13-/t15-/m1/s1. The molecule has 2 aromatic rings. The molecule has 0 spiro atoms. The van der Waals surface area contributed by atoms with E-state index in [0.29, 0.717) is 36.6 Å². The van der Waals surface area contributed by atoms with Crippen molar-refractivity contribution in [3.05, 3.63) is 70.5 Å². The quantitative estimate of drug-likeness (QED) is 0.788. The van der Waals surface area contributed by atoms with E-state index >= 15 is 0 Å². The van der Waals surface area contributed by atoms with Crippen LogP contribution in [-0.2, 0) is 11.3 Å². The van der Waals surface area contributed by atoms with E-state index in [0.717, 1.165) is 30.0 Å². The van der Waals surface area contributed by atoms with Crippen LogP contribution in [0.4, 0.5) is 0 Å². The smallest absolute Gasteiger partial charge is 0.231 e. The zero-order valence-electron chi connectivity index (χ0n) is 16.8. The number of ether oxygens (including phenoxy) is 3. The maximum atomic E-state index is 13.0. The van der Waals surface area contributed by atoms with Gasteiger partial charge in [0.2, 0.25) is 5.78 Å². The molecule has 6 nitrogen and oxygen atoms in total. The minimum atomic E-state index is -0.200. The van der Waals surface area contributed by atoms with Crippen molar-refractivity contribution in [1.82, 2.24) is 4.90 Å². The molecule has 0 radical (unpaired) electrons. The second kappa shape index (κ2) is 7.63. The molecule has 0 unspecified atom stereocenters. The maximum Gasteiger partial charge on any atom is 0.231 e. The van der Waals surface area contributed by atoms with Crippen LogP contribution < -0.4 is 9.47 Å². The maximum absolute atomic E-state index is 13.0. The summed E-state index contributed by atoms with van der Waals surface area (Å²) in [5.74, 6) is 1.48. The molecule has 0 aromatic heterocycles. The second-order valence-corrected chi connectivity index (χ2v) is 7.71. The molecular formula is C24H23NO5. The van der Waals surface area contributed by atoms with E-state index in [2.05, 4.69) is 4.90 Å². The molecule has 154 valence electrons. The molecule has 0 aliphatic carbocycles. The Morgan fingerprint density at radius 3 is 2.80 bits per heavy atom. The molecule has 1 N–H and O–H groups in total. The van der Waals surface area contributed by atoms with E-state index in [1.165, 1.54) is 0 Å². The zero-order chi connectivity index (χ0) is 20.7. The minimum absolute atomic E-state index is 0.136. The van der Waals surface area contributed by atoms with E-state index in [4.69, 9.17) is 14.2 Å². The molecule has 0 bridgehead atoms. The summed E-state index contributed by atoms with van der Waals surface area (Å²) in [7, 11) is 0. The van der Waals surface area contributed by atoms with Crippen LogP contribution in [0, 0.1) is 0 Å². The molecular weight excluding hydrogens is 382 g/mol. The van der Waals surface area contributed by atoms with Gasteiger partial charge in [-0.3, -0.25) is 9.69 Å². The number of hydrogen-bond acceptors (Lipinski definition) is 6. The van der Waals surface area contributed by atoms with Gasteiger partial charge in [-0.2, -0.15) is 0 Å². The summed E-state index contributed by atoms with van der Waals surface area (Å²) < 4.78 is 17.4. The highest BCUT2D eigenvalue weighted by Crippen LogP contribution is 2.40. The fourth-order valence-electron chi connectivity index (χ4n) is 4.01. The van der Waals surface area contributed by atoms with Crippen molar-refractivity contribution < 1.29 is 24.1 Å². The predicted molar refractivity (Wildman–Crippen MR) is 112 cm³/mol. The summed E-state index contributed by atoms with van der Waals surface area (Å²) in [5.41, 5.74) is 2.95. The van der Waals surface area contributed by atoms with Crippen LogP contribution in [0.15, 0.2) is 53.8 Å². The van der Waals surface area contributed by atoms with E-state index in [-0.39, 0.29) is 23.4 Å². The Kier molecular flexibility index (Phi) is 4.81. The number of rotatable bonds is 3. The highest BCUT2D eigenvalue weighted by Gasteiger charge is 2.33. The van der Waals surface area contributed by atoms with Crippen LogP contribution in [0.25, 0.3) is 6.08 Å². The van der Waals surface area contributed by atoms with Gasteiger partial charge < -0.3 is 19.3 Å². The number of morpholine rings is 1. The molecule has 1 fully saturated rings. The van der Waals surface area contributed by atoms with E-state index in [1.54, 1.807) is 18.2 Å². The first-order chi connectivity index (χ1) is 14.6. The van der Waals surface area contributed by atoms with Gasteiger partial charge >= 0.3 is 0 Å². The molecule has 5 rings (SSSR count). The van der Waals surface area contributed by atoms with Crippen LogP contribution in [-0.4, -0.2) is 48.2 Å². The molecule has 6 heteroatoms. The van der Waals surface area contributed by atoms with Gasteiger partial charge in [0.05, 0.1) is 24.3 Å². The van der Waals surface area contributed by atoms with Crippen molar-refractivity contribution in [2.24, 2.45) is 0 Å². The van der Waals surface area contributed by atoms with Gasteiger partial charge in [-0.1, -0.05) is 18.2 Å². The van der Waals surface area contributed by atoms with Crippen LogP contribution in [0.2, 0.25) is 0 Å². The number of nitrogens with zero attached hydrogens (tertiary/aromatic N) is 1. The van der Waals surface area contributed by atoms with Crippen molar-refractivity contribution in [3.63, 3.8) is 0 Å². The summed E-state index contributed by atoms with van der Waals surface area (Å²) >= 11 is 0. The number of phenols is 1. The van der Waals surface area contributed by atoms with Gasteiger partial charge in [-0.05, 0) is 42.8 Å². The molecule has 30 heavy (non-hydrogen) atoms. The number of carbonyl (C=O) groups excluding carboxylic acids is 1. The molecule has 2 aromatic carbocycles. The monoisotopic (exact) mass is 405 g/mol. The number of carbonyl (C=O) groups is 1. The number of allylic oxidation sites excluding steroid dienone is 1. The number of aromatic hydroxyl groups is 1. The number of hydrogen-bond donors (Lipinski definition) is 1. The lowest BCUT2D eigenvalue weighted by atomic mass is 10.0. The Labute approximate surface area is 175 Å². The summed E-state index contributed by atoms with van der Waals surface area (Å²) in [4.78, 5) is 15.2. The third-order valence-corrected chi connectivity index (χ3v) is 5.71. The summed E-state index contributed by atoms with van der Waals surface area (Å²) in [5, 5.41) is 10.5. The number of benzene rings is 2. The lowest BCUT2D eigenvalue weighted by Crippen LogP contribution is -2.35. The van der Waals surface area contributed by atoms with Gasteiger partial charge in [0.1, 0.15) is 23.4 Å². The zero-order valence-corrected chi connectivity index (χ0v) is 16.8. The molecule has 3 heterocycles. The first-order valence-corrected chi connectivity index (χ1v) is 10.2. The summed E-state index contributed by atoms with van der Waals surface area (Å²) in [6, 6.07) is 11.0. The van der Waals surface area contributed by atoms with Crippen LogP contribution in [0.3, 0.4) is 0 Å². The molecule has 3 aliphatic heterocycles.